The molecular formula is C15H21BrN2OS. The Kier molecular flexibility index (Phi) is 5.52. The lowest BCUT2D eigenvalue weighted by molar-refractivity contribution is -0.125. The molecule has 1 saturated carbocycles. The second-order valence-corrected chi connectivity index (χ2v) is 7.56. The van der Waals surface area contributed by atoms with Crippen LogP contribution >= 0.6 is 27.7 Å². The Hall–Kier alpha value is -0.520. The summed E-state index contributed by atoms with van der Waals surface area (Å²) in [6, 6.07) is 8.31. The zero-order valence-electron chi connectivity index (χ0n) is 11.7. The van der Waals surface area contributed by atoms with Gasteiger partial charge >= 0.3 is 0 Å². The molecule has 3 N–H and O–H groups in total. The van der Waals surface area contributed by atoms with Crippen LogP contribution in [0.5, 0.6) is 0 Å². The summed E-state index contributed by atoms with van der Waals surface area (Å²) in [6.45, 7) is 2.80. The maximum Gasteiger partial charge on any atom is 0.237 e. The third kappa shape index (κ3) is 3.77. The minimum atomic E-state index is -0.517. The molecule has 0 radical (unpaired) electrons. The summed E-state index contributed by atoms with van der Waals surface area (Å²) in [5.41, 5.74) is 5.13. The fourth-order valence-corrected chi connectivity index (χ4v) is 4.81. The minimum Gasteiger partial charge on any atom is -0.368 e. The summed E-state index contributed by atoms with van der Waals surface area (Å²) >= 11 is 5.34. The van der Waals surface area contributed by atoms with Crippen LogP contribution in [0.4, 0.5) is 0 Å². The molecule has 2 rings (SSSR count). The average molecular weight is 357 g/mol. The van der Waals surface area contributed by atoms with Gasteiger partial charge in [0, 0.05) is 14.6 Å². The van der Waals surface area contributed by atoms with E-state index in [0.29, 0.717) is 5.25 Å². The molecule has 0 bridgehead atoms. The molecule has 2 unspecified atom stereocenters. The van der Waals surface area contributed by atoms with Gasteiger partial charge in [-0.15, -0.1) is 11.8 Å². The first kappa shape index (κ1) is 15.9. The number of nitrogens with two attached hydrogens (primary N) is 1. The zero-order chi connectivity index (χ0) is 14.6. The van der Waals surface area contributed by atoms with Crippen LogP contribution in [0.1, 0.15) is 32.6 Å². The number of carbonyl (C=O) groups excluding carboxylic acids is 1. The average Bonchev–Trinajstić information content (AvgIpc) is 2.39. The highest BCUT2D eigenvalue weighted by molar-refractivity contribution is 9.10. The van der Waals surface area contributed by atoms with Crippen molar-refractivity contribution in [1.29, 1.82) is 0 Å². The summed E-state index contributed by atoms with van der Waals surface area (Å²) in [5, 5.41) is 3.76. The predicted molar refractivity (Wildman–Crippen MR) is 87.9 cm³/mol. The van der Waals surface area contributed by atoms with Crippen LogP contribution in [-0.4, -0.2) is 23.2 Å². The fourth-order valence-electron chi connectivity index (χ4n) is 2.87. The quantitative estimate of drug-likeness (QED) is 0.850. The summed E-state index contributed by atoms with van der Waals surface area (Å²) in [7, 11) is 0. The number of benzene rings is 1. The Morgan fingerprint density at radius 3 is 3.05 bits per heavy atom. The van der Waals surface area contributed by atoms with Crippen molar-refractivity contribution in [2.75, 3.05) is 6.54 Å². The number of carbonyl (C=O) groups is 1. The largest absolute Gasteiger partial charge is 0.368 e. The second-order valence-electron chi connectivity index (χ2n) is 5.27. The van der Waals surface area contributed by atoms with Crippen molar-refractivity contribution in [2.24, 2.45) is 5.73 Å². The van der Waals surface area contributed by atoms with Crippen LogP contribution in [0, 0.1) is 0 Å². The molecular weight excluding hydrogens is 336 g/mol. The van der Waals surface area contributed by atoms with Crippen molar-refractivity contribution in [2.45, 2.75) is 48.3 Å². The molecule has 1 aromatic rings. The smallest absolute Gasteiger partial charge is 0.237 e. The van der Waals surface area contributed by atoms with Crippen molar-refractivity contribution in [3.05, 3.63) is 28.7 Å². The predicted octanol–water partition coefficient (Wildman–Crippen LogP) is 3.32. The van der Waals surface area contributed by atoms with Gasteiger partial charge in [-0.05, 0) is 50.4 Å². The number of likely N-dealkylation sites (N-methyl/N-ethyl adjacent to an activating group) is 1. The third-order valence-corrected chi connectivity index (χ3v) is 5.55. The van der Waals surface area contributed by atoms with E-state index in [1.165, 1.54) is 4.90 Å². The summed E-state index contributed by atoms with van der Waals surface area (Å²) in [5.74, 6) is -0.209. The van der Waals surface area contributed by atoms with Crippen LogP contribution in [0.3, 0.4) is 0 Å². The Labute approximate surface area is 133 Å². The van der Waals surface area contributed by atoms with Gasteiger partial charge in [-0.3, -0.25) is 4.79 Å². The van der Waals surface area contributed by atoms with E-state index in [-0.39, 0.29) is 5.91 Å². The molecule has 1 amide bonds. The topological polar surface area (TPSA) is 55.1 Å². The van der Waals surface area contributed by atoms with Crippen molar-refractivity contribution < 1.29 is 4.79 Å². The van der Waals surface area contributed by atoms with Gasteiger partial charge in [0.1, 0.15) is 0 Å². The monoisotopic (exact) mass is 356 g/mol. The molecule has 0 aliphatic heterocycles. The Bertz CT molecular complexity index is 479. The molecule has 0 spiro atoms. The van der Waals surface area contributed by atoms with E-state index >= 15 is 0 Å². The summed E-state index contributed by atoms with van der Waals surface area (Å²) in [6.07, 6.45) is 3.85. The molecule has 5 heteroatoms. The van der Waals surface area contributed by atoms with Crippen molar-refractivity contribution in [3.63, 3.8) is 0 Å². The van der Waals surface area contributed by atoms with Gasteiger partial charge in [0.15, 0.2) is 0 Å². The van der Waals surface area contributed by atoms with E-state index in [2.05, 4.69) is 33.4 Å². The van der Waals surface area contributed by atoms with E-state index < -0.39 is 5.54 Å². The molecule has 0 aromatic heterocycles. The molecule has 0 heterocycles. The molecule has 20 heavy (non-hydrogen) atoms. The summed E-state index contributed by atoms with van der Waals surface area (Å²) < 4.78 is 1.09. The molecule has 3 nitrogen and oxygen atoms in total. The second kappa shape index (κ2) is 6.96. The van der Waals surface area contributed by atoms with Gasteiger partial charge in [0.25, 0.3) is 0 Å². The first-order chi connectivity index (χ1) is 9.55. The first-order valence-electron chi connectivity index (χ1n) is 7.03. The number of halogens is 1. The van der Waals surface area contributed by atoms with Crippen LogP contribution in [0.15, 0.2) is 33.6 Å². The summed E-state index contributed by atoms with van der Waals surface area (Å²) in [4.78, 5) is 13.1. The molecule has 2 atom stereocenters. The molecule has 110 valence electrons. The highest BCUT2D eigenvalue weighted by Crippen LogP contribution is 2.38. The molecule has 1 aliphatic rings. The number of nitrogens with one attached hydrogen (secondary N) is 1. The Balaban J connectivity index is 2.08. The Morgan fingerprint density at radius 1 is 1.60 bits per heavy atom. The fraction of sp³-hybridized carbons (Fsp3) is 0.533. The van der Waals surface area contributed by atoms with Crippen molar-refractivity contribution in [1.82, 2.24) is 5.32 Å². The SMILES string of the molecule is CCNC1(C(N)=O)CCCC(Sc2cccc(Br)c2)C1. The number of thioether (sulfide) groups is 1. The van der Waals surface area contributed by atoms with E-state index in [9.17, 15) is 4.79 Å². The van der Waals surface area contributed by atoms with E-state index in [4.69, 9.17) is 5.73 Å². The van der Waals surface area contributed by atoms with Gasteiger partial charge < -0.3 is 11.1 Å². The molecule has 0 saturated heterocycles. The number of hydrogen-bond acceptors (Lipinski definition) is 3. The normalized spacial score (nSPS) is 26.4. The van der Waals surface area contributed by atoms with Gasteiger partial charge in [0.05, 0.1) is 5.54 Å². The lowest BCUT2D eigenvalue weighted by atomic mass is 9.80. The van der Waals surface area contributed by atoms with Crippen molar-refractivity contribution in [3.8, 4) is 0 Å². The highest BCUT2D eigenvalue weighted by atomic mass is 79.9. The Morgan fingerprint density at radius 2 is 2.40 bits per heavy atom. The minimum absolute atomic E-state index is 0.209. The van der Waals surface area contributed by atoms with E-state index in [1.807, 2.05) is 30.8 Å². The molecule has 1 aliphatic carbocycles. The number of rotatable bonds is 5. The van der Waals surface area contributed by atoms with Crippen molar-refractivity contribution >= 4 is 33.6 Å². The molecule has 1 fully saturated rings. The zero-order valence-corrected chi connectivity index (χ0v) is 14.1. The highest BCUT2D eigenvalue weighted by Gasteiger charge is 2.40. The molecule has 1 aromatic carbocycles. The van der Waals surface area contributed by atoms with E-state index in [1.54, 1.807) is 0 Å². The van der Waals surface area contributed by atoms with E-state index in [0.717, 1.165) is 36.7 Å². The number of hydrogen-bond donors (Lipinski definition) is 2. The third-order valence-electron chi connectivity index (χ3n) is 3.79. The lowest BCUT2D eigenvalue weighted by Gasteiger charge is -2.39. The maximum atomic E-state index is 11.9. The number of primary amides is 1. The lowest BCUT2D eigenvalue weighted by Crippen LogP contribution is -2.58. The van der Waals surface area contributed by atoms with Crippen LogP contribution < -0.4 is 11.1 Å². The maximum absolute atomic E-state index is 11.9. The van der Waals surface area contributed by atoms with Gasteiger partial charge in [-0.25, -0.2) is 0 Å². The standard InChI is InChI=1S/C15H21BrN2OS/c1-2-18-15(14(17)19)8-4-7-13(10-15)20-12-6-3-5-11(16)9-12/h3,5-6,9,13,18H,2,4,7-8,10H2,1H3,(H2,17,19). The first-order valence-corrected chi connectivity index (χ1v) is 8.70. The van der Waals surface area contributed by atoms with Gasteiger partial charge in [-0.2, -0.15) is 0 Å². The van der Waals surface area contributed by atoms with Crippen LogP contribution in [0.25, 0.3) is 0 Å². The van der Waals surface area contributed by atoms with Crippen LogP contribution in [0.2, 0.25) is 0 Å². The van der Waals surface area contributed by atoms with Gasteiger partial charge in [-0.1, -0.05) is 28.9 Å². The van der Waals surface area contributed by atoms with Gasteiger partial charge in [0.2, 0.25) is 5.91 Å². The number of amides is 1. The van der Waals surface area contributed by atoms with Crippen LogP contribution in [-0.2, 0) is 4.79 Å².